The molecule has 1 heterocycles. The fourth-order valence-corrected chi connectivity index (χ4v) is 2.93. The lowest BCUT2D eigenvalue weighted by atomic mass is 9.96. The van der Waals surface area contributed by atoms with Crippen LogP contribution in [0.25, 0.3) is 0 Å². The third kappa shape index (κ3) is 4.71. The Hall–Kier alpha value is -2.04. The fourth-order valence-electron chi connectivity index (χ4n) is 2.93. The summed E-state index contributed by atoms with van der Waals surface area (Å²) in [6.45, 7) is 8.08. The van der Waals surface area contributed by atoms with Crippen LogP contribution in [0.15, 0.2) is 18.2 Å². The Morgan fingerprint density at radius 2 is 2.00 bits per heavy atom. The van der Waals surface area contributed by atoms with Crippen LogP contribution in [0.1, 0.15) is 37.8 Å². The number of nitrogens with zero attached hydrogens (tertiary/aromatic N) is 1. The molecule has 1 aromatic carbocycles. The van der Waals surface area contributed by atoms with E-state index >= 15 is 0 Å². The smallest absolute Gasteiger partial charge is 0.223 e. The molecule has 1 aliphatic heterocycles. The summed E-state index contributed by atoms with van der Waals surface area (Å²) in [5.41, 5.74) is 2.15. The molecule has 0 spiro atoms. The number of hydrogen-bond acceptors (Lipinski definition) is 3. The lowest BCUT2D eigenvalue weighted by Gasteiger charge is -2.30. The van der Waals surface area contributed by atoms with E-state index in [2.05, 4.69) is 5.32 Å². The number of nitrogens with one attached hydrogen (secondary N) is 1. The Bertz CT molecular complexity index is 563. The van der Waals surface area contributed by atoms with Gasteiger partial charge in [0.15, 0.2) is 0 Å². The summed E-state index contributed by atoms with van der Waals surface area (Å²) in [6.07, 6.45) is 1.49. The first kappa shape index (κ1) is 17.3. The highest BCUT2D eigenvalue weighted by Crippen LogP contribution is 2.20. The number of ether oxygens (including phenoxy) is 1. The number of piperidine rings is 1. The Labute approximate surface area is 138 Å². The quantitative estimate of drug-likeness (QED) is 0.906. The molecule has 0 saturated carbocycles. The van der Waals surface area contributed by atoms with Gasteiger partial charge in [0.2, 0.25) is 11.8 Å². The second kappa shape index (κ2) is 7.99. The van der Waals surface area contributed by atoms with Crippen molar-refractivity contribution in [3.8, 4) is 5.75 Å². The molecule has 0 radical (unpaired) electrons. The van der Waals surface area contributed by atoms with Gasteiger partial charge in [-0.2, -0.15) is 0 Å². The molecule has 0 bridgehead atoms. The predicted molar refractivity (Wildman–Crippen MR) is 89.2 cm³/mol. The van der Waals surface area contributed by atoms with E-state index < -0.39 is 0 Å². The van der Waals surface area contributed by atoms with Gasteiger partial charge < -0.3 is 15.0 Å². The van der Waals surface area contributed by atoms with Crippen LogP contribution in [0.3, 0.4) is 0 Å². The molecule has 126 valence electrons. The van der Waals surface area contributed by atoms with Gasteiger partial charge in [0.05, 0.1) is 6.61 Å². The van der Waals surface area contributed by atoms with E-state index in [0.29, 0.717) is 26.2 Å². The molecule has 1 saturated heterocycles. The summed E-state index contributed by atoms with van der Waals surface area (Å²) in [5, 5.41) is 3.01. The number of rotatable bonds is 5. The zero-order chi connectivity index (χ0) is 16.8. The van der Waals surface area contributed by atoms with Crippen LogP contribution in [0, 0.1) is 12.8 Å². The minimum atomic E-state index is 0.00870. The van der Waals surface area contributed by atoms with E-state index in [-0.39, 0.29) is 17.7 Å². The van der Waals surface area contributed by atoms with E-state index in [1.54, 1.807) is 11.8 Å². The Balaban J connectivity index is 1.83. The van der Waals surface area contributed by atoms with E-state index in [4.69, 9.17) is 4.74 Å². The van der Waals surface area contributed by atoms with Crippen molar-refractivity contribution in [3.05, 3.63) is 29.3 Å². The third-order valence-corrected chi connectivity index (χ3v) is 4.32. The Morgan fingerprint density at radius 1 is 1.30 bits per heavy atom. The van der Waals surface area contributed by atoms with Crippen molar-refractivity contribution in [2.75, 3.05) is 19.7 Å². The molecule has 0 aliphatic carbocycles. The van der Waals surface area contributed by atoms with Crippen molar-refractivity contribution in [2.24, 2.45) is 5.92 Å². The first-order valence-corrected chi connectivity index (χ1v) is 8.26. The van der Waals surface area contributed by atoms with Crippen molar-refractivity contribution >= 4 is 11.8 Å². The van der Waals surface area contributed by atoms with Gasteiger partial charge in [-0.05, 0) is 43.9 Å². The summed E-state index contributed by atoms with van der Waals surface area (Å²) in [5.74, 6) is 1.07. The minimum absolute atomic E-state index is 0.00870. The second-order valence-corrected chi connectivity index (χ2v) is 6.03. The molecule has 0 unspecified atom stereocenters. The van der Waals surface area contributed by atoms with E-state index in [0.717, 1.165) is 29.7 Å². The van der Waals surface area contributed by atoms with E-state index in [1.807, 2.05) is 32.0 Å². The number of benzene rings is 1. The summed E-state index contributed by atoms with van der Waals surface area (Å²) in [4.78, 5) is 25.4. The maximum atomic E-state index is 12.3. The average molecular weight is 318 g/mol. The number of likely N-dealkylation sites (tertiary alicyclic amines) is 1. The van der Waals surface area contributed by atoms with Crippen molar-refractivity contribution in [1.82, 2.24) is 10.2 Å². The maximum Gasteiger partial charge on any atom is 0.223 e. The van der Waals surface area contributed by atoms with Gasteiger partial charge in [0.25, 0.3) is 0 Å². The molecule has 1 N–H and O–H groups in total. The predicted octanol–water partition coefficient (Wildman–Crippen LogP) is 2.27. The summed E-state index contributed by atoms with van der Waals surface area (Å²) in [7, 11) is 0. The lowest BCUT2D eigenvalue weighted by molar-refractivity contribution is -0.134. The van der Waals surface area contributed by atoms with Crippen LogP contribution in [0.4, 0.5) is 0 Å². The van der Waals surface area contributed by atoms with Crippen molar-refractivity contribution < 1.29 is 14.3 Å². The average Bonchev–Trinajstić information content (AvgIpc) is 2.55. The van der Waals surface area contributed by atoms with Gasteiger partial charge in [-0.1, -0.05) is 12.1 Å². The number of aryl methyl sites for hydroxylation is 1. The number of carbonyl (C=O) groups excluding carboxylic acids is 2. The molecule has 1 aromatic rings. The van der Waals surface area contributed by atoms with Gasteiger partial charge in [-0.3, -0.25) is 9.59 Å². The van der Waals surface area contributed by atoms with E-state index in [1.165, 1.54) is 0 Å². The maximum absolute atomic E-state index is 12.3. The monoisotopic (exact) mass is 318 g/mol. The molecule has 5 nitrogen and oxygen atoms in total. The van der Waals surface area contributed by atoms with Crippen LogP contribution in [0.5, 0.6) is 5.75 Å². The van der Waals surface area contributed by atoms with Gasteiger partial charge in [0, 0.05) is 32.5 Å². The van der Waals surface area contributed by atoms with E-state index in [9.17, 15) is 9.59 Å². The minimum Gasteiger partial charge on any atom is -0.494 e. The molecule has 0 atom stereocenters. The SMILES string of the molecule is CCOc1ccc(CNC(=O)C2CCN(C(C)=O)CC2)cc1C. The molecule has 5 heteroatoms. The first-order valence-electron chi connectivity index (χ1n) is 8.26. The number of carbonyl (C=O) groups is 2. The molecule has 1 fully saturated rings. The highest BCUT2D eigenvalue weighted by molar-refractivity contribution is 5.79. The first-order chi connectivity index (χ1) is 11.0. The third-order valence-electron chi connectivity index (χ3n) is 4.32. The van der Waals surface area contributed by atoms with Crippen LogP contribution in [0.2, 0.25) is 0 Å². The zero-order valence-electron chi connectivity index (χ0n) is 14.2. The molecule has 0 aromatic heterocycles. The molecule has 2 amide bonds. The number of amides is 2. The zero-order valence-corrected chi connectivity index (χ0v) is 14.2. The normalized spacial score (nSPS) is 15.3. The molecule has 2 rings (SSSR count). The summed E-state index contributed by atoms with van der Waals surface area (Å²) < 4.78 is 5.52. The van der Waals surface area contributed by atoms with Crippen molar-refractivity contribution in [1.29, 1.82) is 0 Å². The van der Waals surface area contributed by atoms with Crippen molar-refractivity contribution in [2.45, 2.75) is 40.2 Å². The van der Waals surface area contributed by atoms with Gasteiger partial charge in [0.1, 0.15) is 5.75 Å². The highest BCUT2D eigenvalue weighted by atomic mass is 16.5. The Morgan fingerprint density at radius 3 is 2.57 bits per heavy atom. The number of hydrogen-bond donors (Lipinski definition) is 1. The lowest BCUT2D eigenvalue weighted by Crippen LogP contribution is -2.42. The van der Waals surface area contributed by atoms with Crippen LogP contribution < -0.4 is 10.1 Å². The molecule has 1 aliphatic rings. The largest absolute Gasteiger partial charge is 0.494 e. The second-order valence-electron chi connectivity index (χ2n) is 6.03. The molecular weight excluding hydrogens is 292 g/mol. The fraction of sp³-hybridized carbons (Fsp3) is 0.556. The molecule has 23 heavy (non-hydrogen) atoms. The van der Waals surface area contributed by atoms with Crippen LogP contribution in [-0.2, 0) is 16.1 Å². The highest BCUT2D eigenvalue weighted by Gasteiger charge is 2.25. The van der Waals surface area contributed by atoms with Crippen LogP contribution in [-0.4, -0.2) is 36.4 Å². The topological polar surface area (TPSA) is 58.6 Å². The van der Waals surface area contributed by atoms with Gasteiger partial charge in [-0.25, -0.2) is 0 Å². The van der Waals surface area contributed by atoms with Crippen LogP contribution >= 0.6 is 0 Å². The summed E-state index contributed by atoms with van der Waals surface area (Å²) in [6, 6.07) is 5.98. The van der Waals surface area contributed by atoms with Crippen molar-refractivity contribution in [3.63, 3.8) is 0 Å². The molecular formula is C18H26N2O3. The summed E-state index contributed by atoms with van der Waals surface area (Å²) >= 11 is 0. The van der Waals surface area contributed by atoms with Gasteiger partial charge >= 0.3 is 0 Å². The standard InChI is InChI=1S/C18H26N2O3/c1-4-23-17-6-5-15(11-13(17)2)12-19-18(22)16-7-9-20(10-8-16)14(3)21/h5-6,11,16H,4,7-10,12H2,1-3H3,(H,19,22). The van der Waals surface area contributed by atoms with Gasteiger partial charge in [-0.15, -0.1) is 0 Å². The Kier molecular flexibility index (Phi) is 6.02.